The van der Waals surface area contributed by atoms with Gasteiger partial charge in [-0.15, -0.1) is 0 Å². The maximum absolute atomic E-state index is 4.73. The van der Waals surface area contributed by atoms with Gasteiger partial charge in [0, 0.05) is 16.5 Å². The van der Waals surface area contributed by atoms with E-state index in [1.807, 2.05) is 23.5 Å². The second kappa shape index (κ2) is 5.21. The number of aliphatic imine (C=N–C) groups is 1. The molecule has 1 saturated heterocycles. The van der Waals surface area contributed by atoms with Crippen molar-refractivity contribution in [2.75, 3.05) is 18.6 Å². The topological polar surface area (TPSA) is 24.4 Å². The summed E-state index contributed by atoms with van der Waals surface area (Å²) >= 11 is 3.89. The van der Waals surface area contributed by atoms with Crippen molar-refractivity contribution in [2.45, 2.75) is 43.9 Å². The summed E-state index contributed by atoms with van der Waals surface area (Å²) in [5.74, 6) is 1.97. The predicted molar refractivity (Wildman–Crippen MR) is 76.6 cm³/mol. The van der Waals surface area contributed by atoms with Crippen LogP contribution in [0.25, 0.3) is 0 Å². The highest BCUT2D eigenvalue weighted by molar-refractivity contribution is 8.14. The summed E-state index contributed by atoms with van der Waals surface area (Å²) in [5, 5.41) is 4.74. The normalized spacial score (nSPS) is 29.8. The van der Waals surface area contributed by atoms with Crippen molar-refractivity contribution in [3.05, 3.63) is 0 Å². The van der Waals surface area contributed by atoms with Crippen LogP contribution in [0.15, 0.2) is 4.99 Å². The van der Waals surface area contributed by atoms with Gasteiger partial charge >= 0.3 is 0 Å². The third-order valence-electron chi connectivity index (χ3n) is 3.26. The Morgan fingerprint density at radius 3 is 2.88 bits per heavy atom. The van der Waals surface area contributed by atoms with Crippen LogP contribution >= 0.6 is 23.5 Å². The molecule has 2 nitrogen and oxygen atoms in total. The van der Waals surface area contributed by atoms with Gasteiger partial charge in [0.2, 0.25) is 0 Å². The Labute approximate surface area is 107 Å². The number of thioether (sulfide) groups is 2. The molecule has 0 aromatic heterocycles. The van der Waals surface area contributed by atoms with Crippen LogP contribution < -0.4 is 5.32 Å². The van der Waals surface area contributed by atoms with E-state index < -0.39 is 0 Å². The zero-order chi connectivity index (χ0) is 11.6. The van der Waals surface area contributed by atoms with E-state index in [0.717, 1.165) is 12.5 Å². The average Bonchev–Trinajstić information content (AvgIpc) is 2.90. The molecule has 2 rings (SSSR count). The molecule has 1 saturated carbocycles. The fourth-order valence-corrected chi connectivity index (χ4v) is 3.70. The first kappa shape index (κ1) is 12.6. The number of rotatable bonds is 5. The summed E-state index contributed by atoms with van der Waals surface area (Å²) in [5.41, 5.74) is 0. The maximum Gasteiger partial charge on any atom is 0.156 e. The SMILES string of the molecule is CSC1(CN=C2NC(CC(C)C)CS2)CC1. The van der Waals surface area contributed by atoms with Gasteiger partial charge in [-0.2, -0.15) is 11.8 Å². The van der Waals surface area contributed by atoms with Gasteiger partial charge in [0.05, 0.1) is 6.54 Å². The summed E-state index contributed by atoms with van der Waals surface area (Å²) in [6.45, 7) is 5.58. The number of hydrogen-bond donors (Lipinski definition) is 1. The largest absolute Gasteiger partial charge is 0.361 e. The highest BCUT2D eigenvalue weighted by Crippen LogP contribution is 2.47. The van der Waals surface area contributed by atoms with E-state index in [4.69, 9.17) is 4.99 Å². The highest BCUT2D eigenvalue weighted by atomic mass is 32.2. The quantitative estimate of drug-likeness (QED) is 0.820. The Hall–Kier alpha value is 0.170. The van der Waals surface area contributed by atoms with Crippen molar-refractivity contribution in [1.82, 2.24) is 5.32 Å². The van der Waals surface area contributed by atoms with Gasteiger partial charge < -0.3 is 5.32 Å². The third kappa shape index (κ3) is 3.33. The van der Waals surface area contributed by atoms with Gasteiger partial charge in [-0.1, -0.05) is 25.6 Å². The lowest BCUT2D eigenvalue weighted by Gasteiger charge is -2.12. The number of amidine groups is 1. The third-order valence-corrected chi connectivity index (χ3v) is 5.75. The molecule has 2 fully saturated rings. The van der Waals surface area contributed by atoms with E-state index in [2.05, 4.69) is 25.4 Å². The first-order valence-corrected chi connectivity index (χ1v) is 8.33. The Balaban J connectivity index is 1.77. The van der Waals surface area contributed by atoms with Crippen LogP contribution in [-0.2, 0) is 0 Å². The fourth-order valence-electron chi connectivity index (χ4n) is 2.01. The minimum atomic E-state index is 0.505. The number of hydrogen-bond acceptors (Lipinski definition) is 3. The van der Waals surface area contributed by atoms with Gasteiger partial charge in [-0.05, 0) is 31.4 Å². The maximum atomic E-state index is 4.73. The summed E-state index contributed by atoms with van der Waals surface area (Å²) in [6, 6.07) is 0.646. The summed E-state index contributed by atoms with van der Waals surface area (Å²) in [4.78, 5) is 4.73. The van der Waals surface area contributed by atoms with Crippen molar-refractivity contribution in [3.8, 4) is 0 Å². The van der Waals surface area contributed by atoms with Crippen LogP contribution in [0, 0.1) is 5.92 Å². The number of nitrogens with one attached hydrogen (secondary N) is 1. The summed E-state index contributed by atoms with van der Waals surface area (Å²) in [6.07, 6.45) is 6.18. The molecule has 0 radical (unpaired) electrons. The van der Waals surface area contributed by atoms with Crippen LogP contribution in [0.3, 0.4) is 0 Å². The molecule has 1 atom stereocenters. The molecule has 1 heterocycles. The lowest BCUT2D eigenvalue weighted by molar-refractivity contribution is 0.502. The van der Waals surface area contributed by atoms with Crippen molar-refractivity contribution in [3.63, 3.8) is 0 Å². The van der Waals surface area contributed by atoms with Crippen LogP contribution in [0.1, 0.15) is 33.1 Å². The van der Waals surface area contributed by atoms with E-state index in [1.54, 1.807) is 0 Å². The molecule has 0 amide bonds. The van der Waals surface area contributed by atoms with Crippen LogP contribution in [-0.4, -0.2) is 34.5 Å². The molecule has 1 unspecified atom stereocenters. The molecule has 2 aliphatic rings. The van der Waals surface area contributed by atoms with E-state index in [0.29, 0.717) is 10.8 Å². The van der Waals surface area contributed by atoms with Crippen molar-refractivity contribution in [1.29, 1.82) is 0 Å². The first-order valence-electron chi connectivity index (χ1n) is 6.12. The Kier molecular flexibility index (Phi) is 4.11. The lowest BCUT2D eigenvalue weighted by atomic mass is 10.1. The van der Waals surface area contributed by atoms with E-state index >= 15 is 0 Å². The Morgan fingerprint density at radius 2 is 2.31 bits per heavy atom. The smallest absolute Gasteiger partial charge is 0.156 e. The molecule has 1 N–H and O–H groups in total. The molecule has 0 bridgehead atoms. The number of nitrogens with zero attached hydrogens (tertiary/aromatic N) is 1. The molecule has 92 valence electrons. The van der Waals surface area contributed by atoms with Gasteiger partial charge in [-0.3, -0.25) is 4.99 Å². The monoisotopic (exact) mass is 258 g/mol. The second-order valence-electron chi connectivity index (χ2n) is 5.29. The molecular weight excluding hydrogens is 236 g/mol. The predicted octanol–water partition coefficient (Wildman–Crippen LogP) is 2.99. The Morgan fingerprint density at radius 1 is 1.56 bits per heavy atom. The van der Waals surface area contributed by atoms with E-state index in [1.165, 1.54) is 30.2 Å². The second-order valence-corrected chi connectivity index (χ2v) is 7.57. The van der Waals surface area contributed by atoms with Crippen LogP contribution in [0.5, 0.6) is 0 Å². The minimum absolute atomic E-state index is 0.505. The standard InChI is InChI=1S/C12H22N2S2/c1-9(2)6-10-7-16-11(14-10)13-8-12(15-3)4-5-12/h9-10H,4-8H2,1-3H3,(H,13,14). The molecule has 0 spiro atoms. The van der Waals surface area contributed by atoms with Gasteiger partial charge in [0.25, 0.3) is 0 Å². The first-order chi connectivity index (χ1) is 7.63. The van der Waals surface area contributed by atoms with Crippen molar-refractivity contribution >= 4 is 28.7 Å². The van der Waals surface area contributed by atoms with Gasteiger partial charge in [0.15, 0.2) is 5.17 Å². The van der Waals surface area contributed by atoms with Gasteiger partial charge in [0.1, 0.15) is 0 Å². The molecule has 0 aromatic rings. The average molecular weight is 258 g/mol. The van der Waals surface area contributed by atoms with E-state index in [-0.39, 0.29) is 0 Å². The molecule has 1 aliphatic heterocycles. The fraction of sp³-hybridized carbons (Fsp3) is 0.917. The van der Waals surface area contributed by atoms with Crippen molar-refractivity contribution < 1.29 is 0 Å². The minimum Gasteiger partial charge on any atom is -0.361 e. The van der Waals surface area contributed by atoms with E-state index in [9.17, 15) is 0 Å². The summed E-state index contributed by atoms with van der Waals surface area (Å²) < 4.78 is 0.505. The molecular formula is C12H22N2S2. The molecule has 0 aromatic carbocycles. The highest BCUT2D eigenvalue weighted by Gasteiger charge is 2.41. The summed E-state index contributed by atoms with van der Waals surface area (Å²) in [7, 11) is 0. The van der Waals surface area contributed by atoms with Crippen LogP contribution in [0.2, 0.25) is 0 Å². The zero-order valence-electron chi connectivity index (χ0n) is 10.5. The Bertz CT molecular complexity index is 272. The van der Waals surface area contributed by atoms with Crippen LogP contribution in [0.4, 0.5) is 0 Å². The zero-order valence-corrected chi connectivity index (χ0v) is 12.1. The van der Waals surface area contributed by atoms with Gasteiger partial charge in [-0.25, -0.2) is 0 Å². The molecule has 1 aliphatic carbocycles. The lowest BCUT2D eigenvalue weighted by Crippen LogP contribution is -2.28. The van der Waals surface area contributed by atoms with Crippen molar-refractivity contribution in [2.24, 2.45) is 10.9 Å². The molecule has 4 heteroatoms. The molecule has 16 heavy (non-hydrogen) atoms.